The summed E-state index contributed by atoms with van der Waals surface area (Å²) in [5, 5.41) is 1.56. The summed E-state index contributed by atoms with van der Waals surface area (Å²) in [5.41, 5.74) is 0. The highest BCUT2D eigenvalue weighted by molar-refractivity contribution is 7.82. The molecule has 20 heteroatoms. The van der Waals surface area contributed by atoms with E-state index in [4.69, 9.17) is 48.9 Å². The first-order valence-corrected chi connectivity index (χ1v) is 22.0. The van der Waals surface area contributed by atoms with E-state index in [1.165, 1.54) is 14.7 Å². The molecule has 0 aromatic heterocycles. The fraction of sp³-hybridized carbons (Fsp3) is 0.744. The molecule has 0 spiro atoms. The number of imide groups is 2. The van der Waals surface area contributed by atoms with E-state index in [1.54, 1.807) is 26.6 Å². The summed E-state index contributed by atoms with van der Waals surface area (Å²) in [6, 6.07) is 0.408. The van der Waals surface area contributed by atoms with Crippen molar-refractivity contribution in [2.75, 3.05) is 66.0 Å². The van der Waals surface area contributed by atoms with Crippen LogP contribution in [0.15, 0.2) is 0 Å². The Morgan fingerprint density at radius 1 is 0.390 bits per heavy atom. The van der Waals surface area contributed by atoms with Crippen LogP contribution in [0.5, 0.6) is 0 Å². The minimum Gasteiger partial charge on any atom is -0.342 e. The maximum absolute atomic E-state index is 11.6. The Morgan fingerprint density at radius 2 is 0.678 bits per heavy atom. The lowest BCUT2D eigenvalue weighted by Gasteiger charge is -2.23. The van der Waals surface area contributed by atoms with E-state index in [0.717, 1.165) is 41.3 Å². The normalized spacial score (nSPS) is 18.4. The van der Waals surface area contributed by atoms with Crippen LogP contribution in [0.2, 0.25) is 0 Å². The molecule has 0 unspecified atom stereocenters. The number of carbonyl (C=O) groups is 6. The number of urea groups is 3. The molecule has 9 amide bonds. The maximum atomic E-state index is 11.6. The van der Waals surface area contributed by atoms with Crippen LogP contribution in [0.3, 0.4) is 0 Å². The van der Waals surface area contributed by atoms with Crippen molar-refractivity contribution in [2.24, 2.45) is 0 Å². The molecule has 5 saturated heterocycles. The fourth-order valence-electron chi connectivity index (χ4n) is 6.43. The molecule has 0 N–H and O–H groups in total. The number of nitrogens with zero attached hydrogens (tertiary/aromatic N) is 10. The van der Waals surface area contributed by atoms with Crippen LogP contribution in [0.4, 0.5) is 14.4 Å². The van der Waals surface area contributed by atoms with Crippen molar-refractivity contribution in [3.05, 3.63) is 0 Å². The molecule has 0 saturated carbocycles. The summed E-state index contributed by atoms with van der Waals surface area (Å²) in [4.78, 5) is 86.4. The summed E-state index contributed by atoms with van der Waals surface area (Å²) in [6.07, 6.45) is 0. The second-order valence-electron chi connectivity index (χ2n) is 15.6. The number of carbonyl (C=O) groups excluding carboxylic acids is 6. The topological polar surface area (TPSA) is 135 Å². The molecule has 0 atom stereocenters. The van der Waals surface area contributed by atoms with E-state index in [9.17, 15) is 28.8 Å². The fourth-order valence-corrected chi connectivity index (χ4v) is 8.41. The van der Waals surface area contributed by atoms with Crippen molar-refractivity contribution in [3.63, 3.8) is 0 Å². The van der Waals surface area contributed by atoms with Crippen molar-refractivity contribution >= 4 is 105 Å². The minimum absolute atomic E-state index is 0.0263. The number of thiocarbonyl (C=S) groups is 4. The van der Waals surface area contributed by atoms with Gasteiger partial charge >= 0.3 is 18.1 Å². The van der Waals surface area contributed by atoms with Gasteiger partial charge in [-0.1, -0.05) is 24.4 Å². The second kappa shape index (κ2) is 24.0. The largest absolute Gasteiger partial charge is 0.342 e. The summed E-state index contributed by atoms with van der Waals surface area (Å²) in [5.74, 6) is -0.0683. The highest BCUT2D eigenvalue weighted by Crippen LogP contribution is 2.17. The lowest BCUT2D eigenvalue weighted by molar-refractivity contribution is -0.127. The smallest absolute Gasteiger partial charge is 0.327 e. The van der Waals surface area contributed by atoms with Crippen molar-refractivity contribution in [1.82, 2.24) is 49.0 Å². The van der Waals surface area contributed by atoms with Crippen molar-refractivity contribution in [2.45, 2.75) is 127 Å². The van der Waals surface area contributed by atoms with Gasteiger partial charge in [-0.25, -0.2) is 14.4 Å². The van der Waals surface area contributed by atoms with Crippen LogP contribution in [-0.2, 0) is 14.4 Å². The number of amides is 9. The molecule has 5 heterocycles. The molecule has 5 aliphatic rings. The van der Waals surface area contributed by atoms with Crippen molar-refractivity contribution in [1.29, 1.82) is 0 Å². The van der Waals surface area contributed by atoms with Gasteiger partial charge in [-0.05, 0) is 121 Å². The van der Waals surface area contributed by atoms with E-state index < -0.39 is 0 Å². The van der Waals surface area contributed by atoms with Gasteiger partial charge in [-0.3, -0.25) is 34.0 Å². The summed E-state index contributed by atoms with van der Waals surface area (Å²) < 4.78 is 0. The lowest BCUT2D eigenvalue weighted by atomic mass is 10.3. The van der Waals surface area contributed by atoms with E-state index in [0.29, 0.717) is 30.8 Å². The standard InChI is InChI=1S/C8H14N2O2.2C8H14N2OS.C8H14N2S2.C7H12N2O2/c1-4-9-5-7(11)10(6(2)3)8(9)12;1-4-9-5-7(12)10(6(2)3)8(9)11;2*1-4-9-5-7(11)10(6(2)3)8(9)12;1-5(2)9-6(10)4-8(3)7(9)11/h4*6H,4-5H2,1-3H3;5H,4H2,1-3H3. The first-order chi connectivity index (χ1) is 27.3. The molecule has 0 aliphatic carbocycles. The Kier molecular flexibility index (Phi) is 21.7. The zero-order chi connectivity index (χ0) is 45.8. The second-order valence-corrected chi connectivity index (χ2v) is 17.3. The number of hydrogen-bond acceptors (Lipinski definition) is 10. The first-order valence-electron chi connectivity index (χ1n) is 20.3. The van der Waals surface area contributed by atoms with Crippen LogP contribution >= 0.6 is 48.9 Å². The molecule has 0 aromatic rings. The predicted molar refractivity (Wildman–Crippen MR) is 248 cm³/mol. The van der Waals surface area contributed by atoms with Gasteiger partial charge in [0.05, 0.1) is 19.6 Å². The number of rotatable bonds is 9. The zero-order valence-electron chi connectivity index (χ0n) is 37.8. The van der Waals surface area contributed by atoms with Crippen molar-refractivity contribution in [3.8, 4) is 0 Å². The first kappa shape index (κ1) is 53.4. The lowest BCUT2D eigenvalue weighted by Crippen LogP contribution is -2.37. The van der Waals surface area contributed by atoms with E-state index in [1.807, 2.05) is 86.0 Å². The number of hydrogen-bond donors (Lipinski definition) is 0. The van der Waals surface area contributed by atoms with Gasteiger partial charge in [0.1, 0.15) is 23.1 Å². The van der Waals surface area contributed by atoms with E-state index in [2.05, 4.69) is 25.7 Å². The molecule has 59 heavy (non-hydrogen) atoms. The maximum Gasteiger partial charge on any atom is 0.327 e. The summed E-state index contributed by atoms with van der Waals surface area (Å²) in [6.45, 7) is 32.8. The van der Waals surface area contributed by atoms with Crippen LogP contribution in [0.1, 0.15) is 96.9 Å². The van der Waals surface area contributed by atoms with Crippen molar-refractivity contribution < 1.29 is 28.8 Å². The van der Waals surface area contributed by atoms with Gasteiger partial charge in [-0.2, -0.15) is 0 Å². The Bertz CT molecular complexity index is 1410. The van der Waals surface area contributed by atoms with Gasteiger partial charge in [0.25, 0.3) is 11.8 Å². The van der Waals surface area contributed by atoms with Gasteiger partial charge in [0.2, 0.25) is 5.91 Å². The van der Waals surface area contributed by atoms with E-state index >= 15 is 0 Å². The van der Waals surface area contributed by atoms with Crippen LogP contribution in [0.25, 0.3) is 0 Å². The van der Waals surface area contributed by atoms with E-state index in [-0.39, 0.29) is 73.1 Å². The molecule has 5 rings (SSSR count). The van der Waals surface area contributed by atoms with Crippen LogP contribution in [-0.4, -0.2) is 201 Å². The molecule has 16 nitrogen and oxygen atoms in total. The Hall–Kier alpha value is -3.62. The Labute approximate surface area is 374 Å². The zero-order valence-corrected chi connectivity index (χ0v) is 41.1. The summed E-state index contributed by atoms with van der Waals surface area (Å²) in [7, 11) is 1.63. The predicted octanol–water partition coefficient (Wildman–Crippen LogP) is 4.94. The van der Waals surface area contributed by atoms with Gasteiger partial charge < -0.3 is 29.4 Å². The Morgan fingerprint density at radius 3 is 0.915 bits per heavy atom. The average Bonchev–Trinajstić information content (AvgIpc) is 3.87. The minimum atomic E-state index is -0.190. The molecule has 0 bridgehead atoms. The third-order valence-electron chi connectivity index (χ3n) is 9.57. The molecule has 5 fully saturated rings. The molecular weight excluding hydrogens is 833 g/mol. The molecule has 5 aliphatic heterocycles. The quantitative estimate of drug-likeness (QED) is 0.229. The number of likely N-dealkylation sites (N-methyl/N-ethyl adjacent to an activating group) is 5. The van der Waals surface area contributed by atoms with Crippen LogP contribution < -0.4 is 0 Å². The van der Waals surface area contributed by atoms with Gasteiger partial charge in [0, 0.05) is 63.4 Å². The Balaban J connectivity index is 0.000000369. The average molecular weight is 901 g/mol. The molecular formula is C39H68N10O6S4. The third-order valence-corrected chi connectivity index (χ3v) is 11.1. The molecule has 0 aromatic carbocycles. The highest BCUT2D eigenvalue weighted by atomic mass is 32.1. The van der Waals surface area contributed by atoms with Gasteiger partial charge in [0.15, 0.2) is 10.2 Å². The van der Waals surface area contributed by atoms with Crippen LogP contribution in [0, 0.1) is 0 Å². The molecule has 334 valence electrons. The SMILES string of the molecule is CC(C)N1C(=O)CN(C)C1=O.CCN1CC(=O)N(C(C)C)C1=O.CCN1CC(=O)N(C(C)C)C1=S.CCN1CC(=S)N(C(C)C)C1=O.CCN1CC(=S)N(C(C)C)C1=S. The summed E-state index contributed by atoms with van der Waals surface area (Å²) >= 11 is 20.8. The monoisotopic (exact) mass is 900 g/mol. The molecule has 0 radical (unpaired) electrons. The third kappa shape index (κ3) is 13.7. The van der Waals surface area contributed by atoms with Gasteiger partial charge in [-0.15, -0.1) is 0 Å². The highest BCUT2D eigenvalue weighted by Gasteiger charge is 2.37.